The van der Waals surface area contributed by atoms with E-state index in [1.165, 1.54) is 19.3 Å². The topological polar surface area (TPSA) is 20.2 Å². The van der Waals surface area contributed by atoms with Crippen molar-refractivity contribution in [2.75, 3.05) is 0 Å². The zero-order valence-corrected chi connectivity index (χ0v) is 7.82. The van der Waals surface area contributed by atoms with Crippen molar-refractivity contribution in [1.82, 2.24) is 0 Å². The van der Waals surface area contributed by atoms with Crippen LogP contribution >= 0.6 is 0 Å². The summed E-state index contributed by atoms with van der Waals surface area (Å²) in [4.78, 5) is 0. The van der Waals surface area contributed by atoms with E-state index in [2.05, 4.69) is 6.08 Å². The summed E-state index contributed by atoms with van der Waals surface area (Å²) in [6, 6.07) is 0. The molecule has 0 amide bonds. The summed E-state index contributed by atoms with van der Waals surface area (Å²) >= 11 is 0. The van der Waals surface area contributed by atoms with E-state index in [4.69, 9.17) is 0 Å². The molecule has 1 heteroatoms. The number of aliphatic hydroxyl groups is 1. The Hall–Kier alpha value is -0.300. The molecule has 1 N–H and O–H groups in total. The molecule has 0 saturated heterocycles. The van der Waals surface area contributed by atoms with Gasteiger partial charge in [-0.3, -0.25) is 0 Å². The largest absolute Gasteiger partial charge is 0.393 e. The second kappa shape index (κ2) is 2.03. The molecule has 4 rings (SSSR count). The first-order valence-electron chi connectivity index (χ1n) is 5.71. The zero-order valence-electron chi connectivity index (χ0n) is 7.82. The standard InChI is InChI=1S/C12H16O/c13-10-5-8-4-9(10)12-7-2-1-6(3-7)11(8)12/h1,7-13H,2-5H2. The van der Waals surface area contributed by atoms with E-state index in [9.17, 15) is 5.11 Å². The Morgan fingerprint density at radius 3 is 3.08 bits per heavy atom. The molecule has 4 aliphatic carbocycles. The van der Waals surface area contributed by atoms with Gasteiger partial charge in [-0.15, -0.1) is 0 Å². The lowest BCUT2D eigenvalue weighted by Gasteiger charge is -2.33. The maximum absolute atomic E-state index is 9.88. The van der Waals surface area contributed by atoms with Crippen molar-refractivity contribution in [1.29, 1.82) is 0 Å². The number of hydrogen-bond donors (Lipinski definition) is 1. The average Bonchev–Trinajstić information content (AvgIpc) is 2.78. The third-order valence-electron chi connectivity index (χ3n) is 5.18. The third kappa shape index (κ3) is 0.665. The van der Waals surface area contributed by atoms with Gasteiger partial charge in [0.2, 0.25) is 0 Å². The smallest absolute Gasteiger partial charge is 0.0574 e. The lowest BCUT2D eigenvalue weighted by atomic mass is 9.73. The minimum absolute atomic E-state index is 0.0613. The van der Waals surface area contributed by atoms with Crippen LogP contribution in [0.4, 0.5) is 0 Å². The molecule has 0 aromatic rings. The van der Waals surface area contributed by atoms with Gasteiger partial charge < -0.3 is 5.11 Å². The molecule has 1 nitrogen and oxygen atoms in total. The molecule has 13 heavy (non-hydrogen) atoms. The fraction of sp³-hybridized carbons (Fsp3) is 0.833. The first-order chi connectivity index (χ1) is 6.34. The molecule has 0 radical (unpaired) electrons. The summed E-state index contributed by atoms with van der Waals surface area (Å²) in [5.74, 6) is 4.30. The van der Waals surface area contributed by atoms with Crippen molar-refractivity contribution in [3.05, 3.63) is 11.6 Å². The molecule has 3 saturated carbocycles. The van der Waals surface area contributed by atoms with E-state index in [0.29, 0.717) is 5.92 Å². The second-order valence-electron chi connectivity index (χ2n) is 5.54. The molecule has 70 valence electrons. The predicted molar refractivity (Wildman–Crippen MR) is 50.0 cm³/mol. The van der Waals surface area contributed by atoms with Gasteiger partial charge in [0.1, 0.15) is 0 Å². The van der Waals surface area contributed by atoms with E-state index >= 15 is 0 Å². The monoisotopic (exact) mass is 176 g/mol. The molecule has 3 fully saturated rings. The Morgan fingerprint density at radius 2 is 2.15 bits per heavy atom. The van der Waals surface area contributed by atoms with Crippen molar-refractivity contribution in [3.63, 3.8) is 0 Å². The predicted octanol–water partition coefficient (Wildman–Crippen LogP) is 1.97. The molecule has 0 aromatic heterocycles. The molecule has 4 bridgehead atoms. The molecular formula is C12H16O. The van der Waals surface area contributed by atoms with Crippen molar-refractivity contribution < 1.29 is 5.11 Å². The second-order valence-corrected chi connectivity index (χ2v) is 5.54. The highest BCUT2D eigenvalue weighted by Gasteiger charge is 2.59. The van der Waals surface area contributed by atoms with Crippen LogP contribution in [0.3, 0.4) is 0 Å². The molecule has 6 unspecified atom stereocenters. The van der Waals surface area contributed by atoms with Gasteiger partial charge in [-0.2, -0.15) is 0 Å². The first-order valence-corrected chi connectivity index (χ1v) is 5.71. The Balaban J connectivity index is 1.80. The first kappa shape index (κ1) is 7.05. The van der Waals surface area contributed by atoms with Crippen molar-refractivity contribution in [3.8, 4) is 0 Å². The van der Waals surface area contributed by atoms with Gasteiger partial charge in [-0.05, 0) is 55.3 Å². The van der Waals surface area contributed by atoms with Crippen molar-refractivity contribution in [2.24, 2.45) is 29.6 Å². The maximum atomic E-state index is 9.88. The minimum Gasteiger partial charge on any atom is -0.393 e. The van der Waals surface area contributed by atoms with Crippen LogP contribution in [-0.4, -0.2) is 11.2 Å². The van der Waals surface area contributed by atoms with Gasteiger partial charge in [0, 0.05) is 0 Å². The van der Waals surface area contributed by atoms with Gasteiger partial charge in [-0.25, -0.2) is 0 Å². The fourth-order valence-electron chi connectivity index (χ4n) is 4.91. The van der Waals surface area contributed by atoms with Crippen LogP contribution in [0, 0.1) is 29.6 Å². The molecular weight excluding hydrogens is 160 g/mol. The Kier molecular flexibility index (Phi) is 1.10. The molecule has 6 atom stereocenters. The van der Waals surface area contributed by atoms with Gasteiger partial charge in [0.15, 0.2) is 0 Å². The molecule has 4 aliphatic rings. The summed E-state index contributed by atoms with van der Waals surface area (Å²) in [5.41, 5.74) is 1.77. The molecule has 0 spiro atoms. The van der Waals surface area contributed by atoms with Gasteiger partial charge in [-0.1, -0.05) is 11.6 Å². The maximum Gasteiger partial charge on any atom is 0.0574 e. The average molecular weight is 176 g/mol. The normalized spacial score (nSPS) is 61.5. The highest BCUT2D eigenvalue weighted by atomic mass is 16.3. The number of hydrogen-bond acceptors (Lipinski definition) is 1. The van der Waals surface area contributed by atoms with Crippen LogP contribution in [0.2, 0.25) is 0 Å². The van der Waals surface area contributed by atoms with E-state index in [0.717, 1.165) is 30.1 Å². The van der Waals surface area contributed by atoms with Crippen LogP contribution in [-0.2, 0) is 0 Å². The summed E-state index contributed by atoms with van der Waals surface area (Å²) in [6.45, 7) is 0. The lowest BCUT2D eigenvalue weighted by Crippen LogP contribution is -2.32. The van der Waals surface area contributed by atoms with Crippen molar-refractivity contribution in [2.45, 2.75) is 31.8 Å². The minimum atomic E-state index is 0.0613. The highest BCUT2D eigenvalue weighted by Crippen LogP contribution is 2.65. The summed E-state index contributed by atoms with van der Waals surface area (Å²) in [6.07, 6.45) is 7.71. The highest BCUT2D eigenvalue weighted by molar-refractivity contribution is 5.28. The van der Waals surface area contributed by atoms with Crippen LogP contribution < -0.4 is 0 Å². The van der Waals surface area contributed by atoms with Crippen LogP contribution in [0.25, 0.3) is 0 Å². The number of aliphatic hydroxyl groups excluding tert-OH is 1. The van der Waals surface area contributed by atoms with E-state index in [1.54, 1.807) is 5.57 Å². The fourth-order valence-corrected chi connectivity index (χ4v) is 4.91. The number of allylic oxidation sites excluding steroid dienone is 2. The van der Waals surface area contributed by atoms with Gasteiger partial charge in [0.25, 0.3) is 0 Å². The summed E-state index contributed by atoms with van der Waals surface area (Å²) in [7, 11) is 0. The number of rotatable bonds is 0. The molecule has 0 aliphatic heterocycles. The van der Waals surface area contributed by atoms with E-state index in [1.807, 2.05) is 0 Å². The molecule has 0 aromatic carbocycles. The van der Waals surface area contributed by atoms with E-state index < -0.39 is 0 Å². The van der Waals surface area contributed by atoms with Gasteiger partial charge >= 0.3 is 0 Å². The summed E-state index contributed by atoms with van der Waals surface area (Å²) < 4.78 is 0. The summed E-state index contributed by atoms with van der Waals surface area (Å²) in [5, 5.41) is 9.88. The third-order valence-corrected chi connectivity index (χ3v) is 5.18. The Morgan fingerprint density at radius 1 is 1.23 bits per heavy atom. The Labute approximate surface area is 78.8 Å². The van der Waals surface area contributed by atoms with E-state index in [-0.39, 0.29) is 6.10 Å². The SMILES string of the molecule is OC1CC2CC1C1C3CC=C(C3)C21. The number of fused-ring (bicyclic) bond motifs is 9. The Bertz CT molecular complexity index is 293. The lowest BCUT2D eigenvalue weighted by molar-refractivity contribution is 0.0510. The zero-order chi connectivity index (χ0) is 8.58. The van der Waals surface area contributed by atoms with Crippen LogP contribution in [0.15, 0.2) is 11.6 Å². The van der Waals surface area contributed by atoms with Gasteiger partial charge in [0.05, 0.1) is 6.10 Å². The molecule has 0 heterocycles. The van der Waals surface area contributed by atoms with Crippen LogP contribution in [0.1, 0.15) is 25.7 Å². The quantitative estimate of drug-likeness (QED) is 0.442. The van der Waals surface area contributed by atoms with Crippen LogP contribution in [0.5, 0.6) is 0 Å². The van der Waals surface area contributed by atoms with Crippen molar-refractivity contribution >= 4 is 0 Å².